The quantitative estimate of drug-likeness (QED) is 0.779. The Balaban J connectivity index is 2.40. The molecular formula is C14H20N2S. The van der Waals surface area contributed by atoms with Crippen LogP contribution in [0.1, 0.15) is 32.8 Å². The van der Waals surface area contributed by atoms with Crippen molar-refractivity contribution < 1.29 is 0 Å². The molecule has 92 valence electrons. The third-order valence-corrected chi connectivity index (χ3v) is 3.34. The number of aromatic nitrogens is 2. The Morgan fingerprint density at radius 1 is 1.29 bits per heavy atom. The number of nitrogens with one attached hydrogen (secondary N) is 1. The first kappa shape index (κ1) is 12.4. The van der Waals surface area contributed by atoms with Gasteiger partial charge in [-0.05, 0) is 48.7 Å². The molecule has 1 heterocycles. The molecule has 0 fully saturated rings. The predicted octanol–water partition coefficient (Wildman–Crippen LogP) is 4.44. The highest BCUT2D eigenvalue weighted by Gasteiger charge is 2.12. The van der Waals surface area contributed by atoms with E-state index < -0.39 is 0 Å². The largest absolute Gasteiger partial charge is 0.331 e. The van der Waals surface area contributed by atoms with E-state index in [1.165, 1.54) is 11.1 Å². The number of H-pyrrole nitrogens is 1. The Morgan fingerprint density at radius 2 is 2.00 bits per heavy atom. The maximum absolute atomic E-state index is 5.39. The molecule has 0 spiro atoms. The Hall–Kier alpha value is -1.09. The molecule has 0 saturated carbocycles. The van der Waals surface area contributed by atoms with Crippen molar-refractivity contribution in [3.8, 4) is 0 Å². The number of hydrogen-bond acceptors (Lipinski definition) is 1. The first-order valence-electron chi connectivity index (χ1n) is 6.06. The van der Waals surface area contributed by atoms with Crippen LogP contribution in [0.2, 0.25) is 0 Å². The van der Waals surface area contributed by atoms with Crippen molar-refractivity contribution in [3.05, 3.63) is 28.5 Å². The highest BCUT2D eigenvalue weighted by Crippen LogP contribution is 2.22. The van der Waals surface area contributed by atoms with Crippen LogP contribution in [-0.2, 0) is 6.54 Å². The lowest BCUT2D eigenvalue weighted by molar-refractivity contribution is 0.352. The summed E-state index contributed by atoms with van der Waals surface area (Å²) in [4.78, 5) is 3.28. The summed E-state index contributed by atoms with van der Waals surface area (Å²) in [6.45, 7) is 9.86. The molecule has 0 aliphatic rings. The molecular weight excluding hydrogens is 228 g/mol. The average Bonchev–Trinajstić information content (AvgIpc) is 2.48. The molecule has 0 atom stereocenters. The van der Waals surface area contributed by atoms with Crippen LogP contribution in [-0.4, -0.2) is 9.55 Å². The van der Waals surface area contributed by atoms with Crippen molar-refractivity contribution in [2.24, 2.45) is 5.41 Å². The molecule has 0 saturated heterocycles. The highest BCUT2D eigenvalue weighted by molar-refractivity contribution is 7.71. The molecule has 17 heavy (non-hydrogen) atoms. The van der Waals surface area contributed by atoms with Crippen LogP contribution in [0.25, 0.3) is 11.0 Å². The van der Waals surface area contributed by atoms with E-state index in [1.807, 2.05) is 0 Å². The lowest BCUT2D eigenvalue weighted by Crippen LogP contribution is -2.10. The molecule has 1 N–H and O–H groups in total. The predicted molar refractivity (Wildman–Crippen MR) is 75.9 cm³/mol. The van der Waals surface area contributed by atoms with Gasteiger partial charge >= 0.3 is 0 Å². The van der Waals surface area contributed by atoms with Gasteiger partial charge in [0.25, 0.3) is 0 Å². The topological polar surface area (TPSA) is 20.7 Å². The molecule has 0 amide bonds. The van der Waals surface area contributed by atoms with Gasteiger partial charge in [-0.15, -0.1) is 0 Å². The van der Waals surface area contributed by atoms with Crippen molar-refractivity contribution in [1.82, 2.24) is 9.55 Å². The Kier molecular flexibility index (Phi) is 3.13. The zero-order valence-electron chi connectivity index (χ0n) is 11.0. The van der Waals surface area contributed by atoms with Gasteiger partial charge in [-0.25, -0.2) is 0 Å². The molecule has 0 unspecified atom stereocenters. The molecule has 1 aromatic heterocycles. The van der Waals surface area contributed by atoms with Crippen molar-refractivity contribution in [3.63, 3.8) is 0 Å². The smallest absolute Gasteiger partial charge is 0.178 e. The summed E-state index contributed by atoms with van der Waals surface area (Å²) in [7, 11) is 0. The number of aromatic amines is 1. The number of nitrogens with zero attached hydrogens (tertiary/aromatic N) is 1. The minimum Gasteiger partial charge on any atom is -0.331 e. The monoisotopic (exact) mass is 248 g/mol. The summed E-state index contributed by atoms with van der Waals surface area (Å²) in [6, 6.07) is 6.44. The molecule has 2 rings (SSSR count). The first-order chi connectivity index (χ1) is 7.87. The molecule has 3 heteroatoms. The van der Waals surface area contributed by atoms with Gasteiger partial charge in [-0.3, -0.25) is 0 Å². The van der Waals surface area contributed by atoms with Gasteiger partial charge in [0.05, 0.1) is 11.0 Å². The van der Waals surface area contributed by atoms with Gasteiger partial charge in [0.1, 0.15) is 0 Å². The van der Waals surface area contributed by atoms with Crippen molar-refractivity contribution in [2.45, 2.75) is 40.7 Å². The Labute approximate surface area is 108 Å². The minimum absolute atomic E-state index is 0.336. The molecule has 1 aromatic carbocycles. The summed E-state index contributed by atoms with van der Waals surface area (Å²) >= 11 is 5.39. The third kappa shape index (κ3) is 2.78. The van der Waals surface area contributed by atoms with Gasteiger partial charge < -0.3 is 9.55 Å². The van der Waals surface area contributed by atoms with E-state index >= 15 is 0 Å². The van der Waals surface area contributed by atoms with E-state index in [1.54, 1.807) is 0 Å². The van der Waals surface area contributed by atoms with E-state index in [4.69, 9.17) is 12.2 Å². The number of hydrogen-bond donors (Lipinski definition) is 1. The summed E-state index contributed by atoms with van der Waals surface area (Å²) < 4.78 is 3.03. The van der Waals surface area contributed by atoms with Crippen LogP contribution in [0.5, 0.6) is 0 Å². The average molecular weight is 248 g/mol. The maximum atomic E-state index is 5.39. The normalized spacial score (nSPS) is 12.2. The van der Waals surface area contributed by atoms with Crippen molar-refractivity contribution >= 4 is 23.3 Å². The fraction of sp³-hybridized carbons (Fsp3) is 0.500. The van der Waals surface area contributed by atoms with E-state index in [0.29, 0.717) is 5.41 Å². The lowest BCUT2D eigenvalue weighted by Gasteiger charge is -2.18. The SMILES string of the molecule is Cc1ccc2c(c1)[nH]c(=S)n2CCC(C)(C)C. The zero-order chi connectivity index (χ0) is 12.6. The number of rotatable bonds is 2. The van der Waals surface area contributed by atoms with Gasteiger partial charge in [0, 0.05) is 6.54 Å². The Morgan fingerprint density at radius 3 is 2.65 bits per heavy atom. The molecule has 0 aliphatic carbocycles. The molecule has 0 radical (unpaired) electrons. The van der Waals surface area contributed by atoms with Crippen LogP contribution in [0.4, 0.5) is 0 Å². The van der Waals surface area contributed by atoms with Gasteiger partial charge in [-0.2, -0.15) is 0 Å². The Bertz CT molecular complexity index is 584. The number of imidazole rings is 1. The van der Waals surface area contributed by atoms with Gasteiger partial charge in [0.15, 0.2) is 4.77 Å². The maximum Gasteiger partial charge on any atom is 0.178 e. The van der Waals surface area contributed by atoms with Crippen LogP contribution < -0.4 is 0 Å². The van der Waals surface area contributed by atoms with Crippen LogP contribution in [0.15, 0.2) is 18.2 Å². The molecule has 2 nitrogen and oxygen atoms in total. The number of fused-ring (bicyclic) bond motifs is 1. The van der Waals surface area contributed by atoms with Crippen LogP contribution in [0, 0.1) is 17.1 Å². The highest BCUT2D eigenvalue weighted by atomic mass is 32.1. The van der Waals surface area contributed by atoms with Crippen LogP contribution in [0.3, 0.4) is 0 Å². The minimum atomic E-state index is 0.336. The van der Waals surface area contributed by atoms with Crippen molar-refractivity contribution in [2.75, 3.05) is 0 Å². The lowest BCUT2D eigenvalue weighted by atomic mass is 9.92. The zero-order valence-corrected chi connectivity index (χ0v) is 11.8. The second kappa shape index (κ2) is 4.30. The first-order valence-corrected chi connectivity index (χ1v) is 6.47. The molecule has 2 aromatic rings. The number of aryl methyl sites for hydroxylation is 2. The van der Waals surface area contributed by atoms with E-state index in [2.05, 4.69) is 55.4 Å². The summed E-state index contributed by atoms with van der Waals surface area (Å²) in [5.74, 6) is 0. The van der Waals surface area contributed by atoms with Gasteiger partial charge in [-0.1, -0.05) is 26.8 Å². The third-order valence-electron chi connectivity index (χ3n) is 3.02. The molecule has 0 aliphatic heterocycles. The molecule has 0 bridgehead atoms. The standard InChI is InChI=1S/C14H20N2S/c1-10-5-6-12-11(9-10)15-13(17)16(12)8-7-14(2,3)4/h5-6,9H,7-8H2,1-4H3,(H,15,17). The van der Waals surface area contributed by atoms with Crippen molar-refractivity contribution in [1.29, 1.82) is 0 Å². The fourth-order valence-corrected chi connectivity index (χ4v) is 2.25. The fourth-order valence-electron chi connectivity index (χ4n) is 1.95. The summed E-state index contributed by atoms with van der Waals surface area (Å²) in [5, 5.41) is 0. The second-order valence-corrected chi connectivity index (χ2v) is 6.30. The number of benzene rings is 1. The van der Waals surface area contributed by atoms with Gasteiger partial charge in [0.2, 0.25) is 0 Å². The second-order valence-electron chi connectivity index (χ2n) is 5.91. The van der Waals surface area contributed by atoms with E-state index in [9.17, 15) is 0 Å². The van der Waals surface area contributed by atoms with E-state index in [0.717, 1.165) is 23.3 Å². The summed E-state index contributed by atoms with van der Waals surface area (Å²) in [5.41, 5.74) is 3.95. The summed E-state index contributed by atoms with van der Waals surface area (Å²) in [6.07, 6.45) is 1.13. The van der Waals surface area contributed by atoms with E-state index in [-0.39, 0.29) is 0 Å². The van der Waals surface area contributed by atoms with Crippen LogP contribution >= 0.6 is 12.2 Å².